The molecule has 27 heavy (non-hydrogen) atoms. The Morgan fingerprint density at radius 1 is 1.07 bits per heavy atom. The van der Waals surface area contributed by atoms with Gasteiger partial charge in [-0.2, -0.15) is 4.31 Å². The average molecular weight is 391 g/mol. The van der Waals surface area contributed by atoms with Gasteiger partial charge in [0.05, 0.1) is 4.90 Å². The van der Waals surface area contributed by atoms with Crippen LogP contribution < -0.4 is 5.32 Å². The van der Waals surface area contributed by atoms with Crippen LogP contribution in [0.2, 0.25) is 0 Å². The summed E-state index contributed by atoms with van der Waals surface area (Å²) in [6.07, 6.45) is 7.26. The lowest BCUT2D eigenvalue weighted by atomic mass is 9.68. The molecule has 0 atom stereocenters. The predicted molar refractivity (Wildman–Crippen MR) is 107 cm³/mol. The van der Waals surface area contributed by atoms with Gasteiger partial charge < -0.3 is 10.2 Å². The third-order valence-corrected chi connectivity index (χ3v) is 8.35. The molecular weight excluding hydrogens is 360 g/mol. The van der Waals surface area contributed by atoms with E-state index in [1.54, 1.807) is 16.4 Å². The van der Waals surface area contributed by atoms with Crippen LogP contribution >= 0.6 is 0 Å². The second-order valence-electron chi connectivity index (χ2n) is 8.18. The summed E-state index contributed by atoms with van der Waals surface area (Å²) >= 11 is 0. The number of hydrogen-bond acceptors (Lipinski definition) is 3. The first-order valence-corrected chi connectivity index (χ1v) is 11.5. The van der Waals surface area contributed by atoms with Gasteiger partial charge in [-0.15, -0.1) is 0 Å². The normalized spacial score (nSPS) is 23.0. The van der Waals surface area contributed by atoms with Crippen LogP contribution in [0, 0.1) is 5.41 Å². The highest BCUT2D eigenvalue weighted by Crippen LogP contribution is 2.47. The molecule has 2 heterocycles. The van der Waals surface area contributed by atoms with Gasteiger partial charge in [-0.05, 0) is 55.2 Å². The van der Waals surface area contributed by atoms with E-state index < -0.39 is 10.0 Å². The van der Waals surface area contributed by atoms with E-state index in [1.165, 1.54) is 25.7 Å². The standard InChI is InChI=1S/C20H30N4O2S/c1-21-19(23-14-11-20(16-23)9-4-10-20)22-15-17-5-7-18(8-6-17)27(25,26)24-12-2-3-13-24/h5-8H,2-4,9-16H2,1H3,(H,21,22). The van der Waals surface area contributed by atoms with Gasteiger partial charge in [-0.25, -0.2) is 8.42 Å². The van der Waals surface area contributed by atoms with Crippen LogP contribution in [0.4, 0.5) is 0 Å². The molecule has 4 rings (SSSR count). The number of nitrogens with zero attached hydrogens (tertiary/aromatic N) is 3. The minimum atomic E-state index is -3.33. The van der Waals surface area contributed by atoms with Gasteiger partial charge in [0.25, 0.3) is 0 Å². The average Bonchev–Trinajstić information content (AvgIpc) is 3.33. The van der Waals surface area contributed by atoms with E-state index in [-0.39, 0.29) is 0 Å². The van der Waals surface area contributed by atoms with Crippen molar-refractivity contribution < 1.29 is 8.42 Å². The van der Waals surface area contributed by atoms with Crippen molar-refractivity contribution in [3.63, 3.8) is 0 Å². The minimum Gasteiger partial charge on any atom is -0.352 e. The second kappa shape index (κ2) is 7.43. The molecule has 3 aliphatic rings. The van der Waals surface area contributed by atoms with Crippen molar-refractivity contribution in [3.05, 3.63) is 29.8 Å². The van der Waals surface area contributed by atoms with Crippen LogP contribution in [-0.2, 0) is 16.6 Å². The Balaban J connectivity index is 1.35. The maximum Gasteiger partial charge on any atom is 0.243 e. The van der Waals surface area contributed by atoms with Crippen molar-refractivity contribution in [2.24, 2.45) is 10.4 Å². The molecule has 2 saturated heterocycles. The van der Waals surface area contributed by atoms with Crippen LogP contribution in [0.1, 0.15) is 44.1 Å². The van der Waals surface area contributed by atoms with E-state index in [0.29, 0.717) is 29.9 Å². The molecule has 0 unspecified atom stereocenters. The number of nitrogens with one attached hydrogen (secondary N) is 1. The zero-order chi connectivity index (χ0) is 18.9. The highest BCUT2D eigenvalue weighted by Gasteiger charge is 2.43. The second-order valence-corrected chi connectivity index (χ2v) is 10.1. The third kappa shape index (κ3) is 3.72. The lowest BCUT2D eigenvalue weighted by Crippen LogP contribution is -2.42. The van der Waals surface area contributed by atoms with E-state index in [4.69, 9.17) is 0 Å². The van der Waals surface area contributed by atoms with E-state index >= 15 is 0 Å². The predicted octanol–water partition coefficient (Wildman–Crippen LogP) is 2.42. The number of likely N-dealkylation sites (tertiary alicyclic amines) is 1. The number of rotatable bonds is 4. The van der Waals surface area contributed by atoms with Gasteiger partial charge in [0.15, 0.2) is 5.96 Å². The van der Waals surface area contributed by atoms with Crippen LogP contribution in [0.15, 0.2) is 34.2 Å². The summed E-state index contributed by atoms with van der Waals surface area (Å²) in [6.45, 7) is 4.12. The van der Waals surface area contributed by atoms with Crippen molar-refractivity contribution in [1.82, 2.24) is 14.5 Å². The van der Waals surface area contributed by atoms with Gasteiger partial charge >= 0.3 is 0 Å². The molecule has 1 aromatic carbocycles. The molecule has 1 spiro atoms. The molecule has 7 heteroatoms. The molecule has 148 valence electrons. The molecule has 2 aliphatic heterocycles. The summed E-state index contributed by atoms with van der Waals surface area (Å²) in [5, 5.41) is 3.44. The summed E-state index contributed by atoms with van der Waals surface area (Å²) in [6, 6.07) is 7.26. The Labute approximate surface area is 162 Å². The van der Waals surface area contributed by atoms with Crippen molar-refractivity contribution in [1.29, 1.82) is 0 Å². The zero-order valence-corrected chi connectivity index (χ0v) is 17.0. The lowest BCUT2D eigenvalue weighted by molar-refractivity contribution is 0.151. The first kappa shape index (κ1) is 18.7. The first-order valence-electron chi connectivity index (χ1n) is 10.1. The summed E-state index contributed by atoms with van der Waals surface area (Å²) in [4.78, 5) is 7.21. The van der Waals surface area contributed by atoms with Crippen LogP contribution in [0.3, 0.4) is 0 Å². The molecule has 6 nitrogen and oxygen atoms in total. The Bertz CT molecular complexity index is 794. The van der Waals surface area contributed by atoms with E-state index in [9.17, 15) is 8.42 Å². The monoisotopic (exact) mass is 390 g/mol. The quantitative estimate of drug-likeness (QED) is 0.633. The summed E-state index contributed by atoms with van der Waals surface area (Å²) in [5.41, 5.74) is 1.61. The van der Waals surface area contributed by atoms with Crippen LogP contribution in [0.5, 0.6) is 0 Å². The molecule has 0 bridgehead atoms. The third-order valence-electron chi connectivity index (χ3n) is 6.44. The number of guanidine groups is 1. The molecule has 3 fully saturated rings. The lowest BCUT2D eigenvalue weighted by Gasteiger charge is -2.38. The van der Waals surface area contributed by atoms with Crippen LogP contribution in [0.25, 0.3) is 0 Å². The van der Waals surface area contributed by atoms with Crippen molar-refractivity contribution in [3.8, 4) is 0 Å². The van der Waals surface area contributed by atoms with Crippen molar-refractivity contribution >= 4 is 16.0 Å². The summed E-state index contributed by atoms with van der Waals surface area (Å²) < 4.78 is 26.8. The molecule has 0 radical (unpaired) electrons. The fourth-order valence-corrected chi connectivity index (χ4v) is 6.09. The minimum absolute atomic E-state index is 0.393. The highest BCUT2D eigenvalue weighted by atomic mass is 32.2. The van der Waals surface area contributed by atoms with E-state index in [0.717, 1.165) is 37.5 Å². The largest absolute Gasteiger partial charge is 0.352 e. The summed E-state index contributed by atoms with van der Waals surface area (Å²) in [7, 11) is -1.50. The van der Waals surface area contributed by atoms with Gasteiger partial charge in [0, 0.05) is 39.8 Å². The maximum atomic E-state index is 12.6. The molecule has 1 N–H and O–H groups in total. The SMILES string of the molecule is CN=C(NCc1ccc(S(=O)(=O)N2CCCC2)cc1)N1CCC2(CCC2)C1. The van der Waals surface area contributed by atoms with Crippen molar-refractivity contribution in [2.75, 3.05) is 33.2 Å². The van der Waals surface area contributed by atoms with E-state index in [1.807, 2.05) is 19.2 Å². The molecule has 1 saturated carbocycles. The fourth-order valence-electron chi connectivity index (χ4n) is 4.57. The maximum absolute atomic E-state index is 12.6. The zero-order valence-electron chi connectivity index (χ0n) is 16.2. The van der Waals surface area contributed by atoms with Gasteiger partial charge in [-0.1, -0.05) is 18.6 Å². The number of aliphatic imine (C=N–C) groups is 1. The van der Waals surface area contributed by atoms with Crippen molar-refractivity contribution in [2.45, 2.75) is 50.0 Å². The smallest absolute Gasteiger partial charge is 0.243 e. The fraction of sp³-hybridized carbons (Fsp3) is 0.650. The topological polar surface area (TPSA) is 65.0 Å². The van der Waals surface area contributed by atoms with E-state index in [2.05, 4.69) is 15.2 Å². The number of benzene rings is 1. The molecule has 0 amide bonds. The number of hydrogen-bond donors (Lipinski definition) is 1. The molecule has 1 aromatic rings. The van der Waals surface area contributed by atoms with Gasteiger partial charge in [-0.3, -0.25) is 4.99 Å². The highest BCUT2D eigenvalue weighted by molar-refractivity contribution is 7.89. The molecule has 0 aromatic heterocycles. The Morgan fingerprint density at radius 2 is 1.78 bits per heavy atom. The van der Waals surface area contributed by atoms with Gasteiger partial charge in [0.1, 0.15) is 0 Å². The Hall–Kier alpha value is -1.60. The molecule has 1 aliphatic carbocycles. The molecular formula is C20H30N4O2S. The Morgan fingerprint density at radius 3 is 2.33 bits per heavy atom. The Kier molecular flexibility index (Phi) is 5.16. The van der Waals surface area contributed by atoms with Gasteiger partial charge in [0.2, 0.25) is 10.0 Å². The van der Waals surface area contributed by atoms with Crippen LogP contribution in [-0.4, -0.2) is 56.8 Å². The summed E-state index contributed by atoms with van der Waals surface area (Å²) in [5.74, 6) is 0.951. The first-order chi connectivity index (χ1) is 13.0. The number of sulfonamides is 1.